The van der Waals surface area contributed by atoms with Crippen LogP contribution in [0.2, 0.25) is 11.6 Å². The fraction of sp³-hybridized carbons (Fsp3) is 0.302. The Hall–Kier alpha value is -7.96. The lowest BCUT2D eigenvalue weighted by molar-refractivity contribution is -0.00208. The second kappa shape index (κ2) is 24.4. The SMILES string of the molecule is Cc1cccc(-c2ccccc2)c1N1c2cc3c(cc2B2c4ccccc4N(c4ccccc4)c4cc(N(c5ccccc5)c5ccccc5)cc1c42)B1C2CCCCC2CC2CC(N(C4CCC(c5ccccc5)CC4)C4CCCCC4c4ccccc4)CC(S3)C12. The Morgan fingerprint density at radius 2 is 1.06 bits per heavy atom. The van der Waals surface area contributed by atoms with Gasteiger partial charge < -0.3 is 14.7 Å². The number of thioether (sulfide) groups is 1. The van der Waals surface area contributed by atoms with Crippen molar-refractivity contribution < 1.29 is 0 Å². The summed E-state index contributed by atoms with van der Waals surface area (Å²) >= 11 is 2.34. The normalized spacial score (nSPS) is 25.0. The average molecular weight is 1230 g/mol. The summed E-state index contributed by atoms with van der Waals surface area (Å²) in [5, 5.41) is 0.565. The molecule has 7 heteroatoms. The van der Waals surface area contributed by atoms with E-state index in [1.54, 1.807) is 21.5 Å². The van der Waals surface area contributed by atoms with Gasteiger partial charge in [-0.1, -0.05) is 238 Å². The van der Waals surface area contributed by atoms with Crippen molar-refractivity contribution in [1.29, 1.82) is 0 Å². The Morgan fingerprint density at radius 1 is 0.441 bits per heavy atom. The van der Waals surface area contributed by atoms with Crippen molar-refractivity contribution in [2.45, 2.75) is 155 Å². The number of hydrogen-bond donors (Lipinski definition) is 0. The highest BCUT2D eigenvalue weighted by molar-refractivity contribution is 8.00. The highest BCUT2D eigenvalue weighted by atomic mass is 32.2. The summed E-state index contributed by atoms with van der Waals surface area (Å²) in [4.78, 5) is 12.8. The van der Waals surface area contributed by atoms with Crippen molar-refractivity contribution in [2.75, 3.05) is 14.7 Å². The summed E-state index contributed by atoms with van der Waals surface area (Å²) in [6.45, 7) is 2.93. The molecule has 0 amide bonds. The maximum Gasteiger partial charge on any atom is 0.252 e. The summed E-state index contributed by atoms with van der Waals surface area (Å²) < 4.78 is 0. The number of para-hydroxylation sites is 5. The molecule has 0 bridgehead atoms. The molecule has 4 heterocycles. The largest absolute Gasteiger partial charge is 0.311 e. The van der Waals surface area contributed by atoms with Crippen LogP contribution in [-0.2, 0) is 0 Å². The van der Waals surface area contributed by atoms with Crippen LogP contribution in [0.15, 0.2) is 254 Å². The van der Waals surface area contributed by atoms with Gasteiger partial charge in [0, 0.05) is 73.6 Å². The second-order valence-electron chi connectivity index (χ2n) is 29.0. The van der Waals surface area contributed by atoms with Crippen LogP contribution < -0.4 is 36.6 Å². The fourth-order valence-electron chi connectivity index (χ4n) is 20.6. The number of hydrogen-bond acceptors (Lipinski definition) is 5. The molecular formula is C86H84B2N4S. The minimum atomic E-state index is 0.00134. The van der Waals surface area contributed by atoms with Crippen LogP contribution in [0.1, 0.15) is 125 Å². The number of nitrogens with zero attached hydrogens (tertiary/aromatic N) is 4. The number of benzene rings is 10. The van der Waals surface area contributed by atoms with Crippen molar-refractivity contribution in [3.05, 3.63) is 265 Å². The van der Waals surface area contributed by atoms with Gasteiger partial charge in [0.05, 0.1) is 11.4 Å². The van der Waals surface area contributed by atoms with Crippen LogP contribution in [0.3, 0.4) is 0 Å². The molecule has 4 aliphatic heterocycles. The maximum absolute atomic E-state index is 3.34. The summed E-state index contributed by atoms with van der Waals surface area (Å²) in [7, 11) is 0. The Labute approximate surface area is 557 Å². The first-order valence-corrected chi connectivity index (χ1v) is 36.6. The molecule has 8 aliphatic rings. The fourth-order valence-corrected chi connectivity index (χ4v) is 22.3. The maximum atomic E-state index is 3.34. The van der Waals surface area contributed by atoms with Crippen molar-refractivity contribution in [3.8, 4) is 11.1 Å². The van der Waals surface area contributed by atoms with Crippen LogP contribution in [0.25, 0.3) is 11.1 Å². The van der Waals surface area contributed by atoms with E-state index in [9.17, 15) is 0 Å². The lowest BCUT2D eigenvalue weighted by Crippen LogP contribution is -2.64. The standard InChI is InChI=1S/C86H84B2N4S/c1-58-27-26-42-72(62-32-12-4-13-33-62)86(58)92-79-57-82-76(56-75(79)88-74-44-23-25-46-78(74)91(67-39-18-7-19-40-67)80-53-70(54-81(92)85(80)88)89(65-35-14-5-15-36-65)66-37-16-6-17-38-66)87-73-43-22-20-34-63(73)51-64-52-69(55-83(93-82)84(64)87)90(68-49-47-60(48-50-68)59-28-8-2-9-29-59)77-45-24-21-41-71(77)61-30-10-3-11-31-61/h2-19,23,25-33,35-40,42,44,46,53-54,56-57,60,63-64,68-69,71,73,77,83-84H,20-22,24,34,41,43,45,47-52,55H2,1H3. The molecule has 5 fully saturated rings. The Morgan fingerprint density at radius 3 is 1.80 bits per heavy atom. The molecule has 0 aromatic heterocycles. The van der Waals surface area contributed by atoms with E-state index in [1.165, 1.54) is 164 Å². The van der Waals surface area contributed by atoms with E-state index in [0.29, 0.717) is 47.7 Å². The molecule has 8 unspecified atom stereocenters. The highest BCUT2D eigenvalue weighted by Crippen LogP contribution is 2.62. The Bertz CT molecular complexity index is 4280. The van der Waals surface area contributed by atoms with Gasteiger partial charge in [0.1, 0.15) is 0 Å². The Kier molecular flexibility index (Phi) is 15.1. The van der Waals surface area contributed by atoms with Gasteiger partial charge in [-0.3, -0.25) is 4.90 Å². The molecule has 8 atom stereocenters. The molecule has 18 rings (SSSR count). The van der Waals surface area contributed by atoms with Gasteiger partial charge in [0.2, 0.25) is 0 Å². The van der Waals surface area contributed by atoms with E-state index in [0.717, 1.165) is 34.7 Å². The summed E-state index contributed by atoms with van der Waals surface area (Å²) in [5.41, 5.74) is 23.7. The van der Waals surface area contributed by atoms with E-state index in [4.69, 9.17) is 0 Å². The van der Waals surface area contributed by atoms with Gasteiger partial charge in [-0.25, -0.2) is 0 Å². The number of rotatable bonds is 11. The third-order valence-corrected chi connectivity index (χ3v) is 25.6. The zero-order chi connectivity index (χ0) is 61.5. The van der Waals surface area contributed by atoms with Gasteiger partial charge in [-0.05, 0) is 194 Å². The first-order chi connectivity index (χ1) is 46.1. The van der Waals surface area contributed by atoms with Crippen LogP contribution >= 0.6 is 11.8 Å². The molecule has 0 spiro atoms. The van der Waals surface area contributed by atoms with Crippen molar-refractivity contribution in [2.24, 2.45) is 11.8 Å². The smallest absolute Gasteiger partial charge is 0.252 e. The van der Waals surface area contributed by atoms with Gasteiger partial charge in [0.25, 0.3) is 6.71 Å². The average Bonchev–Trinajstić information content (AvgIpc) is 0.691. The third kappa shape index (κ3) is 10.1. The lowest BCUT2D eigenvalue weighted by atomic mass is 9.21. The van der Waals surface area contributed by atoms with Crippen LogP contribution in [0.5, 0.6) is 0 Å². The molecule has 1 saturated heterocycles. The minimum Gasteiger partial charge on any atom is -0.311 e. The van der Waals surface area contributed by atoms with Crippen molar-refractivity contribution >= 4 is 98.2 Å². The second-order valence-corrected chi connectivity index (χ2v) is 30.3. The molecule has 10 aromatic carbocycles. The number of aryl methyl sites for hydroxylation is 1. The summed E-state index contributed by atoms with van der Waals surface area (Å²) in [6.07, 6.45) is 20.2. The summed E-state index contributed by atoms with van der Waals surface area (Å²) in [6, 6.07) is 97.3. The van der Waals surface area contributed by atoms with Crippen LogP contribution in [-0.4, -0.2) is 41.7 Å². The molecule has 4 aliphatic carbocycles. The third-order valence-electron chi connectivity index (χ3n) is 24.2. The zero-order valence-electron chi connectivity index (χ0n) is 53.9. The quantitative estimate of drug-likeness (QED) is 0.119. The van der Waals surface area contributed by atoms with E-state index in [-0.39, 0.29) is 6.71 Å². The van der Waals surface area contributed by atoms with Gasteiger partial charge >= 0.3 is 0 Å². The zero-order valence-corrected chi connectivity index (χ0v) is 54.7. The number of anilines is 9. The van der Waals surface area contributed by atoms with Gasteiger partial charge in [0.15, 0.2) is 6.71 Å². The molecule has 4 nitrogen and oxygen atoms in total. The van der Waals surface area contributed by atoms with Crippen LogP contribution in [0, 0.1) is 18.8 Å². The van der Waals surface area contributed by atoms with Gasteiger partial charge in [-0.15, -0.1) is 11.8 Å². The predicted octanol–water partition coefficient (Wildman–Crippen LogP) is 20.3. The first-order valence-electron chi connectivity index (χ1n) is 35.8. The monoisotopic (exact) mass is 1230 g/mol. The number of fused-ring (bicyclic) bond motifs is 8. The van der Waals surface area contributed by atoms with E-state index in [1.807, 2.05) is 0 Å². The van der Waals surface area contributed by atoms with E-state index < -0.39 is 0 Å². The molecule has 93 heavy (non-hydrogen) atoms. The minimum absolute atomic E-state index is 0.00134. The van der Waals surface area contributed by atoms with Crippen molar-refractivity contribution in [1.82, 2.24) is 4.90 Å². The Balaban J connectivity index is 0.844. The van der Waals surface area contributed by atoms with Crippen molar-refractivity contribution in [3.63, 3.8) is 0 Å². The molecule has 0 radical (unpaired) electrons. The molecule has 4 saturated carbocycles. The van der Waals surface area contributed by atoms with E-state index in [2.05, 4.69) is 287 Å². The molecule has 460 valence electrons. The lowest BCUT2D eigenvalue weighted by Gasteiger charge is -2.59. The first kappa shape index (κ1) is 57.7. The highest BCUT2D eigenvalue weighted by Gasteiger charge is 2.58. The van der Waals surface area contributed by atoms with E-state index >= 15 is 0 Å². The summed E-state index contributed by atoms with van der Waals surface area (Å²) in [5.74, 6) is 4.18. The van der Waals surface area contributed by atoms with Crippen LogP contribution in [0.4, 0.5) is 51.2 Å². The molecule has 0 N–H and O–H groups in total. The topological polar surface area (TPSA) is 13.0 Å². The molecule has 10 aromatic rings. The predicted molar refractivity (Wildman–Crippen MR) is 396 cm³/mol. The van der Waals surface area contributed by atoms with Gasteiger partial charge in [-0.2, -0.15) is 0 Å². The molecular weight excluding hydrogens is 1140 g/mol.